The molecule has 1 fully saturated rings. The van der Waals surface area contributed by atoms with Gasteiger partial charge >= 0.3 is 0 Å². The van der Waals surface area contributed by atoms with Crippen LogP contribution in [0.3, 0.4) is 0 Å². The molecule has 0 spiro atoms. The topological polar surface area (TPSA) is 45.6 Å². The van der Waals surface area contributed by atoms with Crippen LogP contribution in [0.1, 0.15) is 71.9 Å². The van der Waals surface area contributed by atoms with Gasteiger partial charge in [0.05, 0.1) is 12.0 Å². The summed E-state index contributed by atoms with van der Waals surface area (Å²) < 4.78 is 2.15. The zero-order valence-electron chi connectivity index (χ0n) is 20.8. The Balaban J connectivity index is 1.84. The smallest absolute Gasteiger partial charge is 0.254 e. The largest absolute Gasteiger partial charge is 0.354 e. The normalized spacial score (nSPS) is 25.6. The van der Waals surface area contributed by atoms with Crippen molar-refractivity contribution in [3.63, 3.8) is 0 Å². The molecule has 1 saturated heterocycles. The number of rotatable bonds is 4. The summed E-state index contributed by atoms with van der Waals surface area (Å²) in [5, 5.41) is 0. The molecule has 0 radical (unpaired) electrons. The van der Waals surface area contributed by atoms with Crippen molar-refractivity contribution in [3.05, 3.63) is 70.6 Å². The minimum atomic E-state index is -0.405. The SMILES string of the molecule is C/C=C\Cc1c(C)c(C2C(C(=O)N3CC(C)CC(C)C3)c3ccccc3C(=O)N2C)cn1C. The van der Waals surface area contributed by atoms with Gasteiger partial charge in [0.1, 0.15) is 0 Å². The van der Waals surface area contributed by atoms with Crippen LogP contribution in [-0.2, 0) is 18.3 Å². The molecule has 0 aliphatic carbocycles. The number of fused-ring (bicyclic) bond motifs is 1. The Labute approximate surface area is 198 Å². The van der Waals surface area contributed by atoms with Crippen molar-refractivity contribution in [1.29, 1.82) is 0 Å². The third-order valence-electron chi connectivity index (χ3n) is 7.52. The molecule has 2 aromatic rings. The van der Waals surface area contributed by atoms with Crippen LogP contribution in [0.25, 0.3) is 0 Å². The number of aryl methyl sites for hydroxylation is 1. The number of likely N-dealkylation sites (N-methyl/N-ethyl adjacent to an activating group) is 1. The minimum absolute atomic E-state index is 0.0155. The second-order valence-electron chi connectivity index (χ2n) is 10.2. The van der Waals surface area contributed by atoms with Crippen LogP contribution in [0, 0.1) is 18.8 Å². The van der Waals surface area contributed by atoms with Gasteiger partial charge in [0, 0.05) is 51.1 Å². The highest BCUT2D eigenvalue weighted by molar-refractivity contribution is 6.01. The van der Waals surface area contributed by atoms with Crippen LogP contribution >= 0.6 is 0 Å². The van der Waals surface area contributed by atoms with Crippen LogP contribution in [0.4, 0.5) is 0 Å². The molecule has 176 valence electrons. The molecule has 1 aromatic carbocycles. The van der Waals surface area contributed by atoms with E-state index in [1.807, 2.05) is 38.2 Å². The average molecular weight is 448 g/mol. The van der Waals surface area contributed by atoms with Crippen LogP contribution in [0.5, 0.6) is 0 Å². The lowest BCUT2D eigenvalue weighted by molar-refractivity contribution is -0.137. The fourth-order valence-electron chi connectivity index (χ4n) is 6.01. The molecule has 2 aliphatic heterocycles. The Hall–Kier alpha value is -2.82. The van der Waals surface area contributed by atoms with E-state index in [-0.39, 0.29) is 17.9 Å². The number of carbonyl (C=O) groups excluding carboxylic acids is 2. The molecule has 2 amide bonds. The van der Waals surface area contributed by atoms with Gasteiger partial charge in [-0.1, -0.05) is 44.2 Å². The van der Waals surface area contributed by atoms with E-state index >= 15 is 0 Å². The Morgan fingerprint density at radius 1 is 1.09 bits per heavy atom. The molecule has 0 saturated carbocycles. The van der Waals surface area contributed by atoms with Crippen molar-refractivity contribution in [1.82, 2.24) is 14.4 Å². The molecular formula is C28H37N3O2. The van der Waals surface area contributed by atoms with E-state index < -0.39 is 5.92 Å². The van der Waals surface area contributed by atoms with Gasteiger partial charge in [-0.05, 0) is 54.9 Å². The van der Waals surface area contributed by atoms with E-state index in [2.05, 4.69) is 55.6 Å². The molecule has 3 heterocycles. The molecule has 2 aliphatic rings. The van der Waals surface area contributed by atoms with Gasteiger partial charge < -0.3 is 14.4 Å². The standard InChI is InChI=1S/C28H37N3O2/c1-7-8-13-24-20(4)23(17-29(24)5)26-25(28(33)31-15-18(2)14-19(3)16-31)21-11-9-10-12-22(21)27(32)30(26)6/h7-12,17-19,25-26H,13-16H2,1-6H3/b8-7-. The average Bonchev–Trinajstić information content (AvgIpc) is 3.06. The summed E-state index contributed by atoms with van der Waals surface area (Å²) in [5.41, 5.74) is 4.96. The minimum Gasteiger partial charge on any atom is -0.354 e. The lowest BCUT2D eigenvalue weighted by Gasteiger charge is -2.43. The Morgan fingerprint density at radius 2 is 1.76 bits per heavy atom. The number of piperidine rings is 1. The summed E-state index contributed by atoms with van der Waals surface area (Å²) in [7, 11) is 3.90. The summed E-state index contributed by atoms with van der Waals surface area (Å²) >= 11 is 0. The van der Waals surface area contributed by atoms with Crippen LogP contribution in [0.2, 0.25) is 0 Å². The molecule has 0 N–H and O–H groups in total. The van der Waals surface area contributed by atoms with Crippen molar-refractivity contribution in [2.45, 2.75) is 52.5 Å². The van der Waals surface area contributed by atoms with Gasteiger partial charge in [0.2, 0.25) is 5.91 Å². The number of likely N-dealkylation sites (tertiary alicyclic amines) is 1. The van der Waals surface area contributed by atoms with Crippen molar-refractivity contribution >= 4 is 11.8 Å². The number of amides is 2. The predicted molar refractivity (Wildman–Crippen MR) is 132 cm³/mol. The van der Waals surface area contributed by atoms with E-state index in [1.165, 1.54) is 5.69 Å². The predicted octanol–water partition coefficient (Wildman–Crippen LogP) is 4.87. The van der Waals surface area contributed by atoms with Crippen molar-refractivity contribution in [2.75, 3.05) is 20.1 Å². The van der Waals surface area contributed by atoms with E-state index in [1.54, 1.807) is 4.90 Å². The summed E-state index contributed by atoms with van der Waals surface area (Å²) in [6.07, 6.45) is 8.32. The molecule has 33 heavy (non-hydrogen) atoms. The first-order chi connectivity index (χ1) is 15.7. The van der Waals surface area contributed by atoms with Crippen LogP contribution in [0.15, 0.2) is 42.6 Å². The van der Waals surface area contributed by atoms with Gasteiger partial charge in [-0.2, -0.15) is 0 Å². The highest BCUT2D eigenvalue weighted by Gasteiger charge is 2.45. The Bertz CT molecular complexity index is 1070. The number of nitrogens with zero attached hydrogens (tertiary/aromatic N) is 3. The first-order valence-corrected chi connectivity index (χ1v) is 12.1. The van der Waals surface area contributed by atoms with Crippen LogP contribution < -0.4 is 0 Å². The van der Waals surface area contributed by atoms with Gasteiger partial charge in [-0.3, -0.25) is 9.59 Å². The summed E-state index contributed by atoms with van der Waals surface area (Å²) in [4.78, 5) is 31.4. The van der Waals surface area contributed by atoms with Gasteiger partial charge in [-0.25, -0.2) is 0 Å². The molecular weight excluding hydrogens is 410 g/mol. The Morgan fingerprint density at radius 3 is 2.42 bits per heavy atom. The number of benzene rings is 1. The monoisotopic (exact) mass is 447 g/mol. The third kappa shape index (κ3) is 4.14. The molecule has 4 rings (SSSR count). The quantitative estimate of drug-likeness (QED) is 0.628. The maximum Gasteiger partial charge on any atom is 0.254 e. The molecule has 5 nitrogen and oxygen atoms in total. The Kier molecular flexibility index (Phi) is 6.51. The highest BCUT2D eigenvalue weighted by Crippen LogP contribution is 2.45. The molecule has 0 bridgehead atoms. The summed E-state index contributed by atoms with van der Waals surface area (Å²) in [5.74, 6) is 0.694. The second kappa shape index (κ2) is 9.20. The molecule has 4 unspecified atom stereocenters. The van der Waals surface area contributed by atoms with Crippen LogP contribution in [-0.4, -0.2) is 46.3 Å². The number of carbonyl (C=O) groups is 2. The fourth-order valence-corrected chi connectivity index (χ4v) is 6.01. The fraction of sp³-hybridized carbons (Fsp3) is 0.500. The molecule has 5 heteroatoms. The first-order valence-electron chi connectivity index (χ1n) is 12.1. The first kappa shape index (κ1) is 23.3. The number of allylic oxidation sites excluding steroid dienone is 2. The van der Waals surface area contributed by atoms with E-state index in [0.29, 0.717) is 17.4 Å². The number of hydrogen-bond donors (Lipinski definition) is 0. The van der Waals surface area contributed by atoms with Crippen molar-refractivity contribution in [3.8, 4) is 0 Å². The second-order valence-corrected chi connectivity index (χ2v) is 10.2. The van der Waals surface area contributed by atoms with Gasteiger partial charge in [0.25, 0.3) is 5.91 Å². The molecule has 1 aromatic heterocycles. The molecule has 4 atom stereocenters. The summed E-state index contributed by atoms with van der Waals surface area (Å²) in [6.45, 7) is 10.2. The highest BCUT2D eigenvalue weighted by atomic mass is 16.2. The van der Waals surface area contributed by atoms with E-state index in [4.69, 9.17) is 0 Å². The van der Waals surface area contributed by atoms with Gasteiger partial charge in [0.15, 0.2) is 0 Å². The maximum atomic E-state index is 14.2. The zero-order chi connectivity index (χ0) is 23.9. The lowest BCUT2D eigenvalue weighted by Crippen LogP contribution is -2.50. The van der Waals surface area contributed by atoms with Crippen molar-refractivity contribution < 1.29 is 9.59 Å². The lowest BCUT2D eigenvalue weighted by atomic mass is 9.78. The van der Waals surface area contributed by atoms with Crippen molar-refractivity contribution in [2.24, 2.45) is 18.9 Å². The zero-order valence-corrected chi connectivity index (χ0v) is 20.8. The third-order valence-corrected chi connectivity index (χ3v) is 7.52. The number of aromatic nitrogens is 1. The van der Waals surface area contributed by atoms with E-state index in [0.717, 1.165) is 42.6 Å². The summed E-state index contributed by atoms with van der Waals surface area (Å²) in [6, 6.07) is 7.36. The number of hydrogen-bond acceptors (Lipinski definition) is 2. The maximum absolute atomic E-state index is 14.2. The van der Waals surface area contributed by atoms with Gasteiger partial charge in [-0.15, -0.1) is 0 Å². The van der Waals surface area contributed by atoms with E-state index in [9.17, 15) is 9.59 Å².